The van der Waals surface area contributed by atoms with Gasteiger partial charge in [0, 0.05) is 11.3 Å². The van der Waals surface area contributed by atoms with Gasteiger partial charge in [-0.25, -0.2) is 4.79 Å². The van der Waals surface area contributed by atoms with Crippen LogP contribution in [0.2, 0.25) is 0 Å². The van der Waals surface area contributed by atoms with Gasteiger partial charge in [-0.2, -0.15) is 0 Å². The number of carbonyl (C=O) groups is 2. The molecule has 0 aromatic heterocycles. The van der Waals surface area contributed by atoms with E-state index in [-0.39, 0.29) is 0 Å². The van der Waals surface area contributed by atoms with Crippen molar-refractivity contribution >= 4 is 23.6 Å². The second kappa shape index (κ2) is 5.82. The fourth-order valence-electron chi connectivity index (χ4n) is 1.74. The highest BCUT2D eigenvalue weighted by Gasteiger charge is 2.11. The lowest BCUT2D eigenvalue weighted by Crippen LogP contribution is -2.06. The highest BCUT2D eigenvalue weighted by molar-refractivity contribution is 5.97. The number of anilines is 2. The highest BCUT2D eigenvalue weighted by atomic mass is 16.5. The average molecular weight is 255 g/mol. The van der Waals surface area contributed by atoms with E-state index < -0.39 is 5.97 Å². The smallest absolute Gasteiger partial charge is 0.339 e. The molecule has 2 aromatic rings. The predicted molar refractivity (Wildman–Crippen MR) is 72.9 cm³/mol. The normalized spacial score (nSPS) is 9.74. The number of rotatable bonds is 4. The molecular weight excluding hydrogens is 242 g/mol. The molecule has 0 bridgehead atoms. The second-order valence-electron chi connectivity index (χ2n) is 3.87. The summed E-state index contributed by atoms with van der Waals surface area (Å²) >= 11 is 0. The number of hydrogen-bond acceptors (Lipinski definition) is 4. The third kappa shape index (κ3) is 2.80. The minimum atomic E-state index is -0.424. The Morgan fingerprint density at radius 3 is 2.37 bits per heavy atom. The third-order valence-corrected chi connectivity index (χ3v) is 2.69. The summed E-state index contributed by atoms with van der Waals surface area (Å²) in [4.78, 5) is 22.6. The van der Waals surface area contributed by atoms with Gasteiger partial charge in [-0.1, -0.05) is 24.3 Å². The zero-order valence-corrected chi connectivity index (χ0v) is 10.4. The van der Waals surface area contributed by atoms with Crippen molar-refractivity contribution in [2.24, 2.45) is 0 Å². The van der Waals surface area contributed by atoms with E-state index in [1.165, 1.54) is 7.11 Å². The van der Waals surface area contributed by atoms with Crippen molar-refractivity contribution in [2.75, 3.05) is 12.4 Å². The Kier molecular flexibility index (Phi) is 3.93. The summed E-state index contributed by atoms with van der Waals surface area (Å²) in [5.41, 5.74) is 2.20. The number of nitrogens with one attached hydrogen (secondary N) is 1. The fourth-order valence-corrected chi connectivity index (χ4v) is 1.74. The monoisotopic (exact) mass is 255 g/mol. The molecule has 0 spiro atoms. The van der Waals surface area contributed by atoms with Crippen LogP contribution in [0.15, 0.2) is 48.5 Å². The molecule has 0 aliphatic heterocycles. The van der Waals surface area contributed by atoms with Crippen LogP contribution in [0, 0.1) is 0 Å². The molecule has 0 aliphatic carbocycles. The lowest BCUT2D eigenvalue weighted by molar-refractivity contribution is 0.0602. The minimum Gasteiger partial charge on any atom is -0.465 e. The minimum absolute atomic E-state index is 0.422. The summed E-state index contributed by atoms with van der Waals surface area (Å²) in [6.07, 6.45) is 0.767. The Hall–Kier alpha value is -2.62. The third-order valence-electron chi connectivity index (χ3n) is 2.69. The first-order valence-corrected chi connectivity index (χ1v) is 5.75. The average Bonchev–Trinajstić information content (AvgIpc) is 2.47. The van der Waals surface area contributed by atoms with Crippen molar-refractivity contribution in [3.05, 3.63) is 59.7 Å². The van der Waals surface area contributed by atoms with Crippen LogP contribution >= 0.6 is 0 Å². The second-order valence-corrected chi connectivity index (χ2v) is 3.87. The van der Waals surface area contributed by atoms with Crippen molar-refractivity contribution < 1.29 is 14.3 Å². The van der Waals surface area contributed by atoms with E-state index in [1.54, 1.807) is 42.5 Å². The molecule has 19 heavy (non-hydrogen) atoms. The van der Waals surface area contributed by atoms with Crippen LogP contribution in [0.4, 0.5) is 11.4 Å². The van der Waals surface area contributed by atoms with Crippen LogP contribution in [0.5, 0.6) is 0 Å². The molecule has 0 atom stereocenters. The number of benzene rings is 2. The number of methoxy groups -OCH3 is 1. The number of carbonyl (C=O) groups excluding carboxylic acids is 2. The summed E-state index contributed by atoms with van der Waals surface area (Å²) in [6.45, 7) is 0. The summed E-state index contributed by atoms with van der Waals surface area (Å²) in [5, 5.41) is 3.08. The van der Waals surface area contributed by atoms with Gasteiger partial charge < -0.3 is 10.1 Å². The van der Waals surface area contributed by atoms with Gasteiger partial charge in [0.25, 0.3) is 0 Å². The number of hydrogen-bond donors (Lipinski definition) is 1. The van der Waals surface area contributed by atoms with Crippen LogP contribution in [-0.2, 0) is 4.74 Å². The van der Waals surface area contributed by atoms with E-state index in [0.29, 0.717) is 22.5 Å². The fraction of sp³-hybridized carbons (Fsp3) is 0.0667. The van der Waals surface area contributed by atoms with Crippen LogP contribution < -0.4 is 5.32 Å². The summed E-state index contributed by atoms with van der Waals surface area (Å²) in [7, 11) is 1.33. The SMILES string of the molecule is COC(=O)c1ccccc1Nc1ccccc1C=O. The lowest BCUT2D eigenvalue weighted by Gasteiger charge is -2.11. The van der Waals surface area contributed by atoms with E-state index in [9.17, 15) is 9.59 Å². The Morgan fingerprint density at radius 1 is 1.05 bits per heavy atom. The van der Waals surface area contributed by atoms with E-state index in [1.807, 2.05) is 6.07 Å². The Labute approximate surface area is 111 Å². The summed E-state index contributed by atoms with van der Waals surface area (Å²) < 4.78 is 4.72. The maximum Gasteiger partial charge on any atom is 0.339 e. The molecule has 0 aliphatic rings. The Balaban J connectivity index is 2.38. The quantitative estimate of drug-likeness (QED) is 0.674. The first-order chi connectivity index (χ1) is 9.26. The van der Waals surface area contributed by atoms with Crippen LogP contribution in [0.3, 0.4) is 0 Å². The molecule has 4 nitrogen and oxygen atoms in total. The van der Waals surface area contributed by atoms with E-state index in [0.717, 1.165) is 6.29 Å². The molecule has 1 N–H and O–H groups in total. The Morgan fingerprint density at radius 2 is 1.68 bits per heavy atom. The van der Waals surface area contributed by atoms with Gasteiger partial charge >= 0.3 is 5.97 Å². The van der Waals surface area contributed by atoms with Crippen molar-refractivity contribution in [1.82, 2.24) is 0 Å². The van der Waals surface area contributed by atoms with E-state index >= 15 is 0 Å². The molecule has 4 heteroatoms. The molecule has 0 heterocycles. The molecule has 0 fully saturated rings. The van der Waals surface area contributed by atoms with E-state index in [4.69, 9.17) is 4.74 Å². The van der Waals surface area contributed by atoms with Gasteiger partial charge in [-0.15, -0.1) is 0 Å². The zero-order valence-electron chi connectivity index (χ0n) is 10.4. The lowest BCUT2D eigenvalue weighted by atomic mass is 10.1. The number of para-hydroxylation sites is 2. The highest BCUT2D eigenvalue weighted by Crippen LogP contribution is 2.23. The first-order valence-electron chi connectivity index (χ1n) is 5.75. The summed E-state index contributed by atoms with van der Waals surface area (Å²) in [6, 6.07) is 14.1. The van der Waals surface area contributed by atoms with Crippen molar-refractivity contribution in [3.8, 4) is 0 Å². The first kappa shape index (κ1) is 12.8. The number of aldehydes is 1. The molecule has 2 aromatic carbocycles. The topological polar surface area (TPSA) is 55.4 Å². The van der Waals surface area contributed by atoms with Crippen LogP contribution in [0.1, 0.15) is 20.7 Å². The van der Waals surface area contributed by atoms with Crippen molar-refractivity contribution in [2.45, 2.75) is 0 Å². The zero-order chi connectivity index (χ0) is 13.7. The van der Waals surface area contributed by atoms with Crippen molar-refractivity contribution in [1.29, 1.82) is 0 Å². The Bertz CT molecular complexity index is 608. The number of ether oxygens (including phenoxy) is 1. The predicted octanol–water partition coefficient (Wildman–Crippen LogP) is 3.03. The van der Waals surface area contributed by atoms with Gasteiger partial charge in [0.15, 0.2) is 6.29 Å². The molecular formula is C15H13NO3. The van der Waals surface area contributed by atoms with Gasteiger partial charge in [0.05, 0.1) is 18.4 Å². The van der Waals surface area contributed by atoms with Gasteiger partial charge in [0.1, 0.15) is 0 Å². The molecule has 0 radical (unpaired) electrons. The van der Waals surface area contributed by atoms with Gasteiger partial charge in [0.2, 0.25) is 0 Å². The summed E-state index contributed by atoms with van der Waals surface area (Å²) in [5.74, 6) is -0.424. The largest absolute Gasteiger partial charge is 0.465 e. The molecule has 0 unspecified atom stereocenters. The van der Waals surface area contributed by atoms with Crippen molar-refractivity contribution in [3.63, 3.8) is 0 Å². The molecule has 0 saturated carbocycles. The maximum atomic E-state index is 11.6. The molecule has 0 saturated heterocycles. The van der Waals surface area contributed by atoms with Gasteiger partial charge in [-0.3, -0.25) is 4.79 Å². The molecule has 96 valence electrons. The van der Waals surface area contributed by atoms with Crippen LogP contribution in [-0.4, -0.2) is 19.4 Å². The standard InChI is InChI=1S/C15H13NO3/c1-19-15(18)12-7-3-5-9-14(12)16-13-8-4-2-6-11(13)10-17/h2-10,16H,1H3. The van der Waals surface area contributed by atoms with E-state index in [2.05, 4.69) is 5.32 Å². The van der Waals surface area contributed by atoms with Crippen LogP contribution in [0.25, 0.3) is 0 Å². The van der Waals surface area contributed by atoms with Gasteiger partial charge in [-0.05, 0) is 24.3 Å². The maximum absolute atomic E-state index is 11.6. The number of esters is 1. The molecule has 2 rings (SSSR count). The molecule has 0 amide bonds.